The first-order valence-corrected chi connectivity index (χ1v) is 10.3. The summed E-state index contributed by atoms with van der Waals surface area (Å²) >= 11 is 0. The smallest absolute Gasteiger partial charge is 0.338 e. The van der Waals surface area contributed by atoms with Gasteiger partial charge in [0.05, 0.1) is 17.2 Å². The van der Waals surface area contributed by atoms with E-state index in [1.807, 2.05) is 13.0 Å². The molecule has 0 spiro atoms. The maximum absolute atomic E-state index is 12.0. The number of aromatic amines is 1. The maximum atomic E-state index is 12.0. The Morgan fingerprint density at radius 3 is 2.18 bits per heavy atom. The number of carbonyl (C=O) groups excluding carboxylic acids is 1. The molecule has 9 heteroatoms. The van der Waals surface area contributed by atoms with E-state index in [0.29, 0.717) is 17.5 Å². The predicted molar refractivity (Wildman–Crippen MR) is 119 cm³/mol. The summed E-state index contributed by atoms with van der Waals surface area (Å²) in [5.74, 6) is -1.24. The highest BCUT2D eigenvalue weighted by atomic mass is 16.6. The Kier molecular flexibility index (Phi) is 7.93. The minimum absolute atomic E-state index is 0.0500. The average molecular weight is 452 g/mol. The number of carboxylic acid groups (broad SMARTS) is 1. The van der Waals surface area contributed by atoms with E-state index in [0.717, 1.165) is 0 Å². The second kappa shape index (κ2) is 11.1. The molecule has 3 unspecified atom stereocenters. The molecule has 2 aromatic carbocycles. The van der Waals surface area contributed by atoms with Crippen LogP contribution in [0.3, 0.4) is 0 Å². The minimum atomic E-state index is -0.879. The van der Waals surface area contributed by atoms with Gasteiger partial charge in [0, 0.05) is 18.2 Å². The van der Waals surface area contributed by atoms with Crippen molar-refractivity contribution in [2.45, 2.75) is 25.7 Å². The largest absolute Gasteiger partial charge is 0.478 e. The van der Waals surface area contributed by atoms with Gasteiger partial charge in [0.15, 0.2) is 0 Å². The fourth-order valence-corrected chi connectivity index (χ4v) is 3.40. The van der Waals surface area contributed by atoms with Crippen molar-refractivity contribution in [3.05, 3.63) is 105 Å². The van der Waals surface area contributed by atoms with Crippen LogP contribution < -0.4 is 11.2 Å². The summed E-state index contributed by atoms with van der Waals surface area (Å²) in [6, 6.07) is 18.3. The number of aromatic nitrogens is 2. The van der Waals surface area contributed by atoms with E-state index in [-0.39, 0.29) is 18.6 Å². The number of rotatable bonds is 5. The van der Waals surface area contributed by atoms with Crippen LogP contribution in [0.15, 0.2) is 82.5 Å². The molecule has 1 saturated heterocycles. The Bertz CT molecular complexity index is 1190. The number of aromatic carboxylic acids is 1. The van der Waals surface area contributed by atoms with Gasteiger partial charge in [-0.05, 0) is 30.7 Å². The molecule has 2 heterocycles. The third-order valence-electron chi connectivity index (χ3n) is 5.01. The molecule has 172 valence electrons. The summed E-state index contributed by atoms with van der Waals surface area (Å²) in [6.45, 7) is 2.06. The molecular formula is C24H24N2O7. The number of carboxylic acids is 1. The molecule has 1 aliphatic rings. The molecule has 3 atom stereocenters. The van der Waals surface area contributed by atoms with E-state index >= 15 is 0 Å². The van der Waals surface area contributed by atoms with Crippen LogP contribution in [0.25, 0.3) is 0 Å². The number of nitrogens with zero attached hydrogens (tertiary/aromatic N) is 1. The van der Waals surface area contributed by atoms with Gasteiger partial charge in [0.2, 0.25) is 0 Å². The summed E-state index contributed by atoms with van der Waals surface area (Å²) in [4.78, 5) is 47.4. The summed E-state index contributed by atoms with van der Waals surface area (Å²) in [7, 11) is 0. The fraction of sp³-hybridized carbons (Fsp3) is 0.250. The maximum Gasteiger partial charge on any atom is 0.338 e. The van der Waals surface area contributed by atoms with E-state index in [2.05, 4.69) is 4.98 Å². The first kappa shape index (κ1) is 23.7. The molecule has 0 radical (unpaired) electrons. The molecule has 9 nitrogen and oxygen atoms in total. The number of ether oxygens (including phenoxy) is 2. The first-order valence-electron chi connectivity index (χ1n) is 10.3. The molecule has 2 N–H and O–H groups in total. The fourth-order valence-electron chi connectivity index (χ4n) is 3.40. The number of hydrogen-bond acceptors (Lipinski definition) is 6. The van der Waals surface area contributed by atoms with Crippen LogP contribution in [0, 0.1) is 5.92 Å². The lowest BCUT2D eigenvalue weighted by Gasteiger charge is -2.17. The third-order valence-corrected chi connectivity index (χ3v) is 5.01. The number of H-pyrrole nitrogens is 1. The number of esters is 1. The zero-order chi connectivity index (χ0) is 23.8. The standard InChI is InChI=1S/C17H18N2O5.C7H6O2/c1-11-9-13(10-23-16(21)12-5-3-2-4-6-12)24-15(11)19-8-7-14(20)18-17(19)22;8-7(9)6-4-2-1-3-5-6/h2-8,11,13,15H,9-10H2,1H3,(H,18,20,22);1-5H,(H,8,9). The highest BCUT2D eigenvalue weighted by Gasteiger charge is 2.34. The zero-order valence-corrected chi connectivity index (χ0v) is 17.9. The summed E-state index contributed by atoms with van der Waals surface area (Å²) in [5.41, 5.74) is -0.147. The van der Waals surface area contributed by atoms with Gasteiger partial charge in [-0.1, -0.05) is 43.3 Å². The molecule has 3 aromatic rings. The topological polar surface area (TPSA) is 128 Å². The van der Waals surface area contributed by atoms with Gasteiger partial charge in [0.1, 0.15) is 12.8 Å². The lowest BCUT2D eigenvalue weighted by Crippen LogP contribution is -2.33. The van der Waals surface area contributed by atoms with Crippen LogP contribution in [0.5, 0.6) is 0 Å². The Labute approximate surface area is 189 Å². The van der Waals surface area contributed by atoms with Crippen molar-refractivity contribution in [1.29, 1.82) is 0 Å². The number of nitrogens with one attached hydrogen (secondary N) is 1. The molecule has 4 rings (SSSR count). The summed E-state index contributed by atoms with van der Waals surface area (Å²) in [6.07, 6.45) is 1.28. The zero-order valence-electron chi connectivity index (χ0n) is 17.9. The van der Waals surface area contributed by atoms with E-state index in [1.54, 1.807) is 54.6 Å². The molecule has 1 aromatic heterocycles. The highest BCUT2D eigenvalue weighted by Crippen LogP contribution is 2.33. The van der Waals surface area contributed by atoms with Crippen LogP contribution in [0.1, 0.15) is 40.3 Å². The van der Waals surface area contributed by atoms with E-state index in [4.69, 9.17) is 14.6 Å². The van der Waals surface area contributed by atoms with Crippen LogP contribution >= 0.6 is 0 Å². The van der Waals surface area contributed by atoms with Gasteiger partial charge in [-0.25, -0.2) is 14.4 Å². The molecule has 0 saturated carbocycles. The molecule has 1 fully saturated rings. The number of benzene rings is 2. The predicted octanol–water partition coefficient (Wildman–Crippen LogP) is 2.70. The van der Waals surface area contributed by atoms with Crippen molar-refractivity contribution in [3.8, 4) is 0 Å². The Morgan fingerprint density at radius 2 is 1.64 bits per heavy atom. The van der Waals surface area contributed by atoms with Gasteiger partial charge >= 0.3 is 17.6 Å². The first-order chi connectivity index (χ1) is 15.8. The molecule has 33 heavy (non-hydrogen) atoms. The van der Waals surface area contributed by atoms with Crippen molar-refractivity contribution >= 4 is 11.9 Å². The lowest BCUT2D eigenvalue weighted by molar-refractivity contribution is -0.0411. The summed E-state index contributed by atoms with van der Waals surface area (Å²) in [5, 5.41) is 8.38. The van der Waals surface area contributed by atoms with Crippen molar-refractivity contribution in [2.75, 3.05) is 6.61 Å². The highest BCUT2D eigenvalue weighted by molar-refractivity contribution is 5.89. The quantitative estimate of drug-likeness (QED) is 0.570. The Morgan fingerprint density at radius 1 is 1.03 bits per heavy atom. The second-order valence-electron chi connectivity index (χ2n) is 7.51. The Balaban J connectivity index is 0.000000286. The average Bonchev–Trinajstić information content (AvgIpc) is 3.19. The molecule has 0 amide bonds. The molecule has 0 bridgehead atoms. The van der Waals surface area contributed by atoms with Gasteiger partial charge in [0.25, 0.3) is 5.56 Å². The summed E-state index contributed by atoms with van der Waals surface area (Å²) < 4.78 is 12.5. The van der Waals surface area contributed by atoms with Crippen LogP contribution in [0.4, 0.5) is 0 Å². The van der Waals surface area contributed by atoms with Gasteiger partial charge in [-0.3, -0.25) is 14.3 Å². The number of hydrogen-bond donors (Lipinski definition) is 2. The SMILES string of the molecule is CC1CC(COC(=O)c2ccccc2)OC1n1ccc(=O)[nH]c1=O.O=C(O)c1ccccc1. The van der Waals surface area contributed by atoms with Gasteiger partial charge in [-0.2, -0.15) is 0 Å². The van der Waals surface area contributed by atoms with Gasteiger partial charge in [-0.15, -0.1) is 0 Å². The second-order valence-corrected chi connectivity index (χ2v) is 7.51. The molecule has 0 aliphatic carbocycles. The third kappa shape index (κ3) is 6.50. The minimum Gasteiger partial charge on any atom is -0.478 e. The van der Waals surface area contributed by atoms with Crippen molar-refractivity contribution in [2.24, 2.45) is 5.92 Å². The van der Waals surface area contributed by atoms with Crippen molar-refractivity contribution in [3.63, 3.8) is 0 Å². The molecular weight excluding hydrogens is 428 g/mol. The van der Waals surface area contributed by atoms with Gasteiger partial charge < -0.3 is 14.6 Å². The van der Waals surface area contributed by atoms with Crippen LogP contribution in [-0.4, -0.2) is 39.3 Å². The monoisotopic (exact) mass is 452 g/mol. The number of carbonyl (C=O) groups is 2. The lowest BCUT2D eigenvalue weighted by atomic mass is 10.1. The normalized spacial score (nSPS) is 19.2. The van der Waals surface area contributed by atoms with Crippen LogP contribution in [-0.2, 0) is 9.47 Å². The Hall–Kier alpha value is -3.98. The van der Waals surface area contributed by atoms with E-state index < -0.39 is 29.4 Å². The molecule has 1 aliphatic heterocycles. The van der Waals surface area contributed by atoms with E-state index in [1.165, 1.54) is 16.8 Å². The van der Waals surface area contributed by atoms with Crippen LogP contribution in [0.2, 0.25) is 0 Å². The van der Waals surface area contributed by atoms with Crippen molar-refractivity contribution in [1.82, 2.24) is 9.55 Å². The van der Waals surface area contributed by atoms with E-state index in [9.17, 15) is 19.2 Å². The van der Waals surface area contributed by atoms with Crippen molar-refractivity contribution < 1.29 is 24.2 Å².